The lowest BCUT2D eigenvalue weighted by Crippen LogP contribution is -2.20. The van der Waals surface area contributed by atoms with Crippen molar-refractivity contribution < 1.29 is 18.7 Å². The lowest BCUT2D eigenvalue weighted by molar-refractivity contribution is -0.118. The van der Waals surface area contributed by atoms with Gasteiger partial charge in [0.15, 0.2) is 6.61 Å². The number of nitrogens with one attached hydrogen (secondary N) is 1. The van der Waals surface area contributed by atoms with Crippen molar-refractivity contribution in [3.05, 3.63) is 59.5 Å². The smallest absolute Gasteiger partial charge is 0.262 e. The molecule has 5 nitrogen and oxygen atoms in total. The minimum atomic E-state index is -0.546. The third-order valence-electron chi connectivity index (χ3n) is 3.49. The second-order valence-corrected chi connectivity index (χ2v) is 5.53. The van der Waals surface area contributed by atoms with Gasteiger partial charge in [0.05, 0.1) is 17.8 Å². The van der Waals surface area contributed by atoms with Gasteiger partial charge in [0, 0.05) is 17.6 Å². The van der Waals surface area contributed by atoms with Crippen molar-refractivity contribution in [2.75, 3.05) is 19.0 Å². The van der Waals surface area contributed by atoms with Gasteiger partial charge in [0.25, 0.3) is 5.91 Å². The van der Waals surface area contributed by atoms with Crippen LogP contribution >= 0.6 is 11.6 Å². The number of benzene rings is 2. The number of rotatable bonds is 5. The number of fused-ring (bicyclic) bond motifs is 1. The van der Waals surface area contributed by atoms with E-state index in [2.05, 4.69) is 10.3 Å². The van der Waals surface area contributed by atoms with E-state index in [4.69, 9.17) is 21.1 Å². The van der Waals surface area contributed by atoms with E-state index in [1.807, 2.05) is 6.07 Å². The monoisotopic (exact) mass is 360 g/mol. The van der Waals surface area contributed by atoms with Crippen molar-refractivity contribution in [3.63, 3.8) is 0 Å². The van der Waals surface area contributed by atoms with Gasteiger partial charge >= 0.3 is 0 Å². The average Bonchev–Trinajstić information content (AvgIpc) is 2.63. The highest BCUT2D eigenvalue weighted by Gasteiger charge is 2.11. The van der Waals surface area contributed by atoms with Crippen molar-refractivity contribution >= 4 is 34.1 Å². The Labute approximate surface area is 148 Å². The molecule has 0 aliphatic heterocycles. The van der Waals surface area contributed by atoms with E-state index in [0.29, 0.717) is 22.7 Å². The fourth-order valence-electron chi connectivity index (χ4n) is 2.32. The maximum atomic E-state index is 13.1. The summed E-state index contributed by atoms with van der Waals surface area (Å²) in [6, 6.07) is 11.0. The predicted molar refractivity (Wildman–Crippen MR) is 93.8 cm³/mol. The van der Waals surface area contributed by atoms with E-state index < -0.39 is 5.82 Å². The number of hydrogen-bond donors (Lipinski definition) is 1. The minimum Gasteiger partial charge on any atom is -0.494 e. The topological polar surface area (TPSA) is 60.5 Å². The summed E-state index contributed by atoms with van der Waals surface area (Å²) in [4.78, 5) is 16.4. The van der Waals surface area contributed by atoms with Crippen LogP contribution in [-0.2, 0) is 4.79 Å². The average molecular weight is 361 g/mol. The molecule has 0 fully saturated rings. The second-order valence-electron chi connectivity index (χ2n) is 5.13. The molecule has 0 saturated carbocycles. The molecule has 0 radical (unpaired) electrons. The van der Waals surface area contributed by atoms with Gasteiger partial charge < -0.3 is 14.8 Å². The zero-order valence-corrected chi connectivity index (χ0v) is 14.0. The van der Waals surface area contributed by atoms with E-state index in [1.165, 1.54) is 18.2 Å². The molecule has 0 unspecified atom stereocenters. The molecule has 7 heteroatoms. The van der Waals surface area contributed by atoms with Gasteiger partial charge in [-0.05, 0) is 36.4 Å². The minimum absolute atomic E-state index is 0.0647. The van der Waals surface area contributed by atoms with Gasteiger partial charge in [-0.3, -0.25) is 9.78 Å². The highest BCUT2D eigenvalue weighted by molar-refractivity contribution is 6.30. The number of anilines is 1. The van der Waals surface area contributed by atoms with Crippen molar-refractivity contribution in [2.24, 2.45) is 0 Å². The number of methoxy groups -OCH3 is 1. The molecule has 0 spiro atoms. The van der Waals surface area contributed by atoms with Gasteiger partial charge in [0.1, 0.15) is 22.8 Å². The first kappa shape index (κ1) is 17.0. The van der Waals surface area contributed by atoms with Gasteiger partial charge in [-0.1, -0.05) is 11.6 Å². The highest BCUT2D eigenvalue weighted by Crippen LogP contribution is 2.29. The SMILES string of the molecule is COc1ccc(NC(=O)COc2ccc(F)c(Cl)c2)c2cccnc12. The first-order valence-electron chi connectivity index (χ1n) is 7.38. The van der Waals surface area contributed by atoms with Gasteiger partial charge in [-0.15, -0.1) is 0 Å². The first-order valence-corrected chi connectivity index (χ1v) is 7.75. The summed E-state index contributed by atoms with van der Waals surface area (Å²) < 4.78 is 23.7. The zero-order chi connectivity index (χ0) is 17.8. The molecule has 1 heterocycles. The van der Waals surface area contributed by atoms with E-state index in [-0.39, 0.29) is 17.5 Å². The Morgan fingerprint density at radius 1 is 1.28 bits per heavy atom. The number of carbonyl (C=O) groups excluding carboxylic acids is 1. The molecule has 0 aliphatic carbocycles. The molecule has 1 amide bonds. The Morgan fingerprint density at radius 3 is 2.88 bits per heavy atom. The summed E-state index contributed by atoms with van der Waals surface area (Å²) in [5.74, 6) is 0.0139. The van der Waals surface area contributed by atoms with Crippen LogP contribution in [0.3, 0.4) is 0 Å². The van der Waals surface area contributed by atoms with E-state index in [9.17, 15) is 9.18 Å². The number of pyridine rings is 1. The normalized spacial score (nSPS) is 10.5. The standard InChI is InChI=1S/C18H14ClFN2O3/c1-24-16-7-6-15(12-3-2-8-21-18(12)16)22-17(23)10-25-11-4-5-14(20)13(19)9-11/h2-9H,10H2,1H3,(H,22,23). The number of nitrogens with zero attached hydrogens (tertiary/aromatic N) is 1. The maximum absolute atomic E-state index is 13.1. The second kappa shape index (κ2) is 7.36. The molecule has 2 aromatic carbocycles. The van der Waals surface area contributed by atoms with Gasteiger partial charge in [-0.25, -0.2) is 4.39 Å². The van der Waals surface area contributed by atoms with E-state index >= 15 is 0 Å². The molecule has 0 atom stereocenters. The summed E-state index contributed by atoms with van der Waals surface area (Å²) in [5, 5.41) is 3.45. The molecule has 0 bridgehead atoms. The summed E-state index contributed by atoms with van der Waals surface area (Å²) >= 11 is 5.68. The molecule has 0 aliphatic rings. The third-order valence-corrected chi connectivity index (χ3v) is 3.78. The summed E-state index contributed by atoms with van der Waals surface area (Å²) in [7, 11) is 1.56. The maximum Gasteiger partial charge on any atom is 0.262 e. The van der Waals surface area contributed by atoms with Crippen molar-refractivity contribution in [2.45, 2.75) is 0 Å². The number of carbonyl (C=O) groups is 1. The fourth-order valence-corrected chi connectivity index (χ4v) is 2.49. The molecule has 1 N–H and O–H groups in total. The lowest BCUT2D eigenvalue weighted by Gasteiger charge is -2.11. The van der Waals surface area contributed by atoms with Crippen LogP contribution in [0.15, 0.2) is 48.7 Å². The van der Waals surface area contributed by atoms with Gasteiger partial charge in [0.2, 0.25) is 0 Å². The van der Waals surface area contributed by atoms with Gasteiger partial charge in [-0.2, -0.15) is 0 Å². The summed E-state index contributed by atoms with van der Waals surface area (Å²) in [5.41, 5.74) is 1.24. The van der Waals surface area contributed by atoms with Crippen LogP contribution in [-0.4, -0.2) is 24.6 Å². The van der Waals surface area contributed by atoms with Crippen LogP contribution < -0.4 is 14.8 Å². The molecular formula is C18H14ClFN2O3. The third kappa shape index (κ3) is 3.80. The fraction of sp³-hybridized carbons (Fsp3) is 0.111. The number of amides is 1. The Bertz CT molecular complexity index is 933. The van der Waals surface area contributed by atoms with Crippen LogP contribution in [0.5, 0.6) is 11.5 Å². The van der Waals surface area contributed by atoms with Crippen molar-refractivity contribution in [1.82, 2.24) is 4.98 Å². The molecule has 0 saturated heterocycles. The molecule has 25 heavy (non-hydrogen) atoms. The number of hydrogen-bond acceptors (Lipinski definition) is 4. The molecule has 128 valence electrons. The Morgan fingerprint density at radius 2 is 2.12 bits per heavy atom. The highest BCUT2D eigenvalue weighted by atomic mass is 35.5. The Kier molecular flexibility index (Phi) is 5.00. The van der Waals surface area contributed by atoms with Crippen LogP contribution in [0.1, 0.15) is 0 Å². The van der Waals surface area contributed by atoms with Crippen molar-refractivity contribution in [1.29, 1.82) is 0 Å². The lowest BCUT2D eigenvalue weighted by atomic mass is 10.1. The summed E-state index contributed by atoms with van der Waals surface area (Å²) in [6.45, 7) is -0.240. The van der Waals surface area contributed by atoms with Crippen LogP contribution in [0, 0.1) is 5.82 Å². The number of ether oxygens (including phenoxy) is 2. The molecular weight excluding hydrogens is 347 g/mol. The van der Waals surface area contributed by atoms with Crippen LogP contribution in [0.25, 0.3) is 10.9 Å². The Hall–Kier alpha value is -2.86. The molecule has 3 aromatic rings. The largest absolute Gasteiger partial charge is 0.494 e. The summed E-state index contributed by atoms with van der Waals surface area (Å²) in [6.07, 6.45) is 1.65. The number of halogens is 2. The van der Waals surface area contributed by atoms with E-state index in [0.717, 1.165) is 5.39 Å². The van der Waals surface area contributed by atoms with E-state index in [1.54, 1.807) is 31.5 Å². The quantitative estimate of drug-likeness (QED) is 0.745. The molecule has 3 rings (SSSR count). The van der Waals surface area contributed by atoms with Crippen LogP contribution in [0.2, 0.25) is 5.02 Å². The number of aromatic nitrogens is 1. The Balaban J connectivity index is 1.73. The molecule has 1 aromatic heterocycles. The first-order chi connectivity index (χ1) is 12.1. The van der Waals surface area contributed by atoms with Crippen LogP contribution in [0.4, 0.5) is 10.1 Å². The zero-order valence-electron chi connectivity index (χ0n) is 13.3. The van der Waals surface area contributed by atoms with Crippen molar-refractivity contribution in [3.8, 4) is 11.5 Å². The predicted octanol–water partition coefficient (Wildman–Crippen LogP) is 4.05.